The highest BCUT2D eigenvalue weighted by Crippen LogP contribution is 2.24. The molecule has 1 amide bonds. The normalized spacial score (nSPS) is 10.6. The maximum Gasteiger partial charge on any atom is 0.321 e. The zero-order chi connectivity index (χ0) is 21.2. The van der Waals surface area contributed by atoms with Gasteiger partial charge in [-0.15, -0.1) is 0 Å². The summed E-state index contributed by atoms with van der Waals surface area (Å²) in [6.45, 7) is -1.15. The first-order chi connectivity index (χ1) is 13.2. The van der Waals surface area contributed by atoms with Gasteiger partial charge < -0.3 is 9.64 Å². The third kappa shape index (κ3) is 7.71. The lowest BCUT2D eigenvalue weighted by Gasteiger charge is -2.20. The lowest BCUT2D eigenvalue weighted by molar-refractivity contribution is -0.151. The van der Waals surface area contributed by atoms with Crippen molar-refractivity contribution in [2.45, 2.75) is 17.7 Å². The van der Waals surface area contributed by atoms with Crippen LogP contribution in [-0.4, -0.2) is 51.4 Å². The van der Waals surface area contributed by atoms with Crippen LogP contribution >= 0.6 is 23.2 Å². The van der Waals surface area contributed by atoms with Gasteiger partial charge in [0.15, 0.2) is 6.61 Å². The number of nitrogens with zero attached hydrogens (tertiary/aromatic N) is 3. The zero-order valence-electron chi connectivity index (χ0n) is 14.5. The molecule has 0 aromatic heterocycles. The number of nitriles is 2. The van der Waals surface area contributed by atoms with E-state index in [1.807, 2.05) is 16.9 Å². The molecule has 0 aliphatic rings. The van der Waals surface area contributed by atoms with Gasteiger partial charge in [0.05, 0.1) is 39.9 Å². The topological polar surface area (TPSA) is 140 Å². The molecule has 0 fully saturated rings. The van der Waals surface area contributed by atoms with Gasteiger partial charge in [0, 0.05) is 13.1 Å². The van der Waals surface area contributed by atoms with Crippen LogP contribution in [0, 0.1) is 22.7 Å². The molecular weight excluding hydrogens is 431 g/mol. The van der Waals surface area contributed by atoms with Crippen molar-refractivity contribution in [1.29, 1.82) is 10.5 Å². The molecule has 0 radical (unpaired) electrons. The number of amides is 1. The number of hydrogen-bond acceptors (Lipinski definition) is 7. The van der Waals surface area contributed by atoms with Crippen molar-refractivity contribution in [1.82, 2.24) is 9.62 Å². The van der Waals surface area contributed by atoms with Crippen molar-refractivity contribution in [3.8, 4) is 12.1 Å². The van der Waals surface area contributed by atoms with E-state index in [4.69, 9.17) is 38.5 Å². The Kier molecular flexibility index (Phi) is 9.69. The predicted octanol–water partition coefficient (Wildman–Crippen LogP) is 1.47. The van der Waals surface area contributed by atoms with Crippen LogP contribution in [0.3, 0.4) is 0 Å². The summed E-state index contributed by atoms with van der Waals surface area (Å²) in [6, 6.07) is 7.39. The van der Waals surface area contributed by atoms with E-state index in [0.717, 1.165) is 6.07 Å². The number of carbonyl (C=O) groups is 2. The molecule has 0 saturated carbocycles. The first kappa shape index (κ1) is 23.7. The Labute approximate surface area is 172 Å². The fourth-order valence-corrected chi connectivity index (χ4v) is 3.25. The summed E-state index contributed by atoms with van der Waals surface area (Å²) in [5.41, 5.74) is 0. The van der Waals surface area contributed by atoms with Crippen LogP contribution in [-0.2, 0) is 24.3 Å². The van der Waals surface area contributed by atoms with Gasteiger partial charge in [-0.2, -0.15) is 15.2 Å². The van der Waals surface area contributed by atoms with Crippen LogP contribution in [0.5, 0.6) is 0 Å². The molecule has 9 nitrogen and oxygen atoms in total. The number of halogens is 2. The monoisotopic (exact) mass is 446 g/mol. The molecule has 0 saturated heterocycles. The summed E-state index contributed by atoms with van der Waals surface area (Å²) in [4.78, 5) is 24.8. The lowest BCUT2D eigenvalue weighted by atomic mass is 10.3. The fraction of sp³-hybridized carbons (Fsp3) is 0.375. The maximum absolute atomic E-state index is 12.1. The second-order valence-electron chi connectivity index (χ2n) is 5.26. The Morgan fingerprint density at radius 1 is 1.11 bits per heavy atom. The number of esters is 1. The van der Waals surface area contributed by atoms with Crippen molar-refractivity contribution < 1.29 is 22.7 Å². The van der Waals surface area contributed by atoms with E-state index in [1.165, 1.54) is 17.0 Å². The van der Waals surface area contributed by atoms with E-state index in [9.17, 15) is 18.0 Å². The van der Waals surface area contributed by atoms with Crippen LogP contribution in [0.1, 0.15) is 12.8 Å². The Bertz CT molecular complexity index is 891. The van der Waals surface area contributed by atoms with Gasteiger partial charge in [-0.3, -0.25) is 9.59 Å². The fourth-order valence-electron chi connectivity index (χ4n) is 1.90. The highest BCUT2D eigenvalue weighted by atomic mass is 35.5. The second kappa shape index (κ2) is 11.5. The van der Waals surface area contributed by atoms with Crippen LogP contribution in [0.4, 0.5) is 0 Å². The van der Waals surface area contributed by atoms with Gasteiger partial charge in [-0.1, -0.05) is 23.2 Å². The van der Waals surface area contributed by atoms with Crippen LogP contribution < -0.4 is 4.72 Å². The number of rotatable bonds is 10. The molecule has 0 atom stereocenters. The molecular formula is C16H16Cl2N4O5S. The molecule has 0 bridgehead atoms. The Morgan fingerprint density at radius 2 is 1.71 bits per heavy atom. The van der Waals surface area contributed by atoms with Crippen molar-refractivity contribution in [2.75, 3.05) is 26.2 Å². The van der Waals surface area contributed by atoms with Crippen molar-refractivity contribution in [3.63, 3.8) is 0 Å². The van der Waals surface area contributed by atoms with Gasteiger partial charge in [0.2, 0.25) is 10.0 Å². The van der Waals surface area contributed by atoms with E-state index >= 15 is 0 Å². The number of benzene rings is 1. The predicted molar refractivity (Wildman–Crippen MR) is 99.6 cm³/mol. The van der Waals surface area contributed by atoms with E-state index in [2.05, 4.69) is 0 Å². The first-order valence-electron chi connectivity index (χ1n) is 7.83. The third-order valence-electron chi connectivity index (χ3n) is 3.30. The van der Waals surface area contributed by atoms with Gasteiger partial charge in [0.25, 0.3) is 5.91 Å². The zero-order valence-corrected chi connectivity index (χ0v) is 16.9. The third-order valence-corrected chi connectivity index (χ3v) is 5.44. The minimum Gasteiger partial charge on any atom is -0.455 e. The first-order valence-corrected chi connectivity index (χ1v) is 10.1. The number of hydrogen-bond donors (Lipinski definition) is 1. The van der Waals surface area contributed by atoms with Gasteiger partial charge in [0.1, 0.15) is 6.54 Å². The SMILES string of the molecule is N#CCCN(CCC#N)C(=O)COC(=O)CNS(=O)(=O)c1ccc(Cl)c(Cl)c1. The summed E-state index contributed by atoms with van der Waals surface area (Å²) >= 11 is 11.5. The molecule has 0 aliphatic heterocycles. The molecule has 0 unspecified atom stereocenters. The van der Waals surface area contributed by atoms with Gasteiger partial charge in [-0.05, 0) is 18.2 Å². The van der Waals surface area contributed by atoms with E-state index in [-0.39, 0.29) is 40.9 Å². The van der Waals surface area contributed by atoms with Crippen molar-refractivity contribution in [3.05, 3.63) is 28.2 Å². The molecule has 1 aromatic carbocycles. The Morgan fingerprint density at radius 3 is 2.25 bits per heavy atom. The van der Waals surface area contributed by atoms with E-state index < -0.39 is 35.1 Å². The standard InChI is InChI=1S/C16H16Cl2N4O5S/c17-13-4-3-12(9-14(13)18)28(25,26)21-10-16(24)27-11-15(23)22(7-1-5-19)8-2-6-20/h3-4,9,21H,1-2,7-8,10-11H2. The molecule has 0 spiro atoms. The Hall–Kier alpha value is -2.37. The van der Waals surface area contributed by atoms with Gasteiger partial charge in [-0.25, -0.2) is 8.42 Å². The van der Waals surface area contributed by atoms with E-state index in [1.54, 1.807) is 0 Å². The average molecular weight is 447 g/mol. The molecule has 28 heavy (non-hydrogen) atoms. The molecule has 1 N–H and O–H groups in total. The molecule has 0 aliphatic carbocycles. The molecule has 1 aromatic rings. The minimum absolute atomic E-state index is 0.0348. The summed E-state index contributed by atoms with van der Waals surface area (Å²) in [5, 5.41) is 17.4. The average Bonchev–Trinajstić information content (AvgIpc) is 2.66. The minimum atomic E-state index is -4.03. The Balaban J connectivity index is 2.57. The largest absolute Gasteiger partial charge is 0.455 e. The van der Waals surface area contributed by atoms with Crippen LogP contribution in [0.2, 0.25) is 10.0 Å². The quantitative estimate of drug-likeness (QED) is 0.536. The van der Waals surface area contributed by atoms with E-state index in [0.29, 0.717) is 0 Å². The molecule has 0 heterocycles. The summed E-state index contributed by atoms with van der Waals surface area (Å²) in [6.07, 6.45) is 0.128. The summed E-state index contributed by atoms with van der Waals surface area (Å²) < 4.78 is 31.0. The number of carbonyl (C=O) groups excluding carboxylic acids is 2. The number of nitrogens with one attached hydrogen (secondary N) is 1. The molecule has 12 heteroatoms. The molecule has 150 valence electrons. The maximum atomic E-state index is 12.1. The summed E-state index contributed by atoms with van der Waals surface area (Å²) in [7, 11) is -4.03. The van der Waals surface area contributed by atoms with Crippen molar-refractivity contribution in [2.24, 2.45) is 0 Å². The highest BCUT2D eigenvalue weighted by Gasteiger charge is 2.19. The number of sulfonamides is 1. The number of ether oxygens (including phenoxy) is 1. The lowest BCUT2D eigenvalue weighted by Crippen LogP contribution is -2.37. The summed E-state index contributed by atoms with van der Waals surface area (Å²) in [5.74, 6) is -1.57. The van der Waals surface area contributed by atoms with Crippen molar-refractivity contribution >= 4 is 45.1 Å². The van der Waals surface area contributed by atoms with Crippen LogP contribution in [0.25, 0.3) is 0 Å². The van der Waals surface area contributed by atoms with Crippen LogP contribution in [0.15, 0.2) is 23.1 Å². The smallest absolute Gasteiger partial charge is 0.321 e. The van der Waals surface area contributed by atoms with Gasteiger partial charge >= 0.3 is 5.97 Å². The molecule has 1 rings (SSSR count). The second-order valence-corrected chi connectivity index (χ2v) is 7.84. The highest BCUT2D eigenvalue weighted by molar-refractivity contribution is 7.89.